The quantitative estimate of drug-likeness (QED) is 0.459. The summed E-state index contributed by atoms with van der Waals surface area (Å²) in [5, 5.41) is 1.86. The maximum Gasteiger partial charge on any atom is 0.416 e. The van der Waals surface area contributed by atoms with E-state index in [1.54, 1.807) is 19.3 Å². The highest BCUT2D eigenvalue weighted by Crippen LogP contribution is 2.38. The Bertz CT molecular complexity index is 1210. The van der Waals surface area contributed by atoms with Crippen molar-refractivity contribution in [3.8, 4) is 0 Å². The molecule has 0 bridgehead atoms. The van der Waals surface area contributed by atoms with Gasteiger partial charge in [0.15, 0.2) is 0 Å². The van der Waals surface area contributed by atoms with Gasteiger partial charge in [0.25, 0.3) is 0 Å². The highest BCUT2D eigenvalue weighted by molar-refractivity contribution is 5.75. The van der Waals surface area contributed by atoms with Crippen molar-refractivity contribution < 1.29 is 35.5 Å². The summed E-state index contributed by atoms with van der Waals surface area (Å²) in [7, 11) is 1.33. The van der Waals surface area contributed by atoms with Crippen LogP contribution in [0.4, 0.5) is 35.5 Å². The second-order valence-corrected chi connectivity index (χ2v) is 9.92. The lowest BCUT2D eigenvalue weighted by molar-refractivity contribution is -0.143. The molecule has 212 valence electrons. The molecule has 1 unspecified atom stereocenters. The highest BCUT2D eigenvalue weighted by Gasteiger charge is 2.39. The Kier molecular flexibility index (Phi) is 7.84. The van der Waals surface area contributed by atoms with Crippen LogP contribution in [0.15, 0.2) is 41.4 Å². The molecular weight excluding hydrogens is 531 g/mol. The topological polar surface area (TPSA) is 51.2 Å². The van der Waals surface area contributed by atoms with Crippen molar-refractivity contribution in [2.24, 2.45) is 4.99 Å². The molecule has 0 radical (unpaired) electrons. The number of likely N-dealkylation sites (tertiary alicyclic amines) is 1. The van der Waals surface area contributed by atoms with Crippen molar-refractivity contribution in [3.05, 3.63) is 70.0 Å². The predicted octanol–water partition coefficient (Wildman–Crippen LogP) is 6.12. The van der Waals surface area contributed by atoms with E-state index in [1.807, 2.05) is 11.9 Å². The Labute approximate surface area is 221 Å². The lowest BCUT2D eigenvalue weighted by atomic mass is 9.89. The first-order chi connectivity index (χ1) is 18.1. The summed E-state index contributed by atoms with van der Waals surface area (Å²) in [6, 6.07) is 4.39. The number of aliphatic imine (C=N–C) groups is 1. The van der Waals surface area contributed by atoms with Crippen molar-refractivity contribution in [1.82, 2.24) is 20.2 Å². The van der Waals surface area contributed by atoms with E-state index in [4.69, 9.17) is 0 Å². The third-order valence-electron chi connectivity index (χ3n) is 6.95. The van der Waals surface area contributed by atoms with Gasteiger partial charge in [-0.05, 0) is 73.7 Å². The molecule has 2 aliphatic heterocycles. The smallest absolute Gasteiger partial charge is 0.323 e. The minimum atomic E-state index is -4.99. The number of halogens is 7. The molecule has 3 atom stereocenters. The number of aryl methyl sites for hydroxylation is 1. The van der Waals surface area contributed by atoms with Gasteiger partial charge < -0.3 is 9.80 Å². The van der Waals surface area contributed by atoms with E-state index >= 15 is 0 Å². The van der Waals surface area contributed by atoms with Crippen LogP contribution in [0.2, 0.25) is 0 Å². The SMILES string of the molecule is Cc1cc(F)ccc1[C@H]1C[C@@H](N2C=NC(C)N2)CCN1C(=O)N(C)Cc1cc(C(F)(F)F)cc(C(F)(F)F)c1. The van der Waals surface area contributed by atoms with E-state index in [0.29, 0.717) is 36.1 Å². The predicted molar refractivity (Wildman–Crippen MR) is 130 cm³/mol. The molecule has 13 heteroatoms. The normalized spacial score (nSPS) is 21.9. The van der Waals surface area contributed by atoms with Crippen LogP contribution in [0, 0.1) is 12.7 Å². The van der Waals surface area contributed by atoms with Crippen LogP contribution < -0.4 is 5.43 Å². The molecule has 2 aromatic carbocycles. The summed E-state index contributed by atoms with van der Waals surface area (Å²) in [5.74, 6) is -0.439. The average Bonchev–Trinajstić information content (AvgIpc) is 3.28. The highest BCUT2D eigenvalue weighted by atomic mass is 19.4. The molecule has 2 aliphatic rings. The number of nitrogens with one attached hydrogen (secondary N) is 1. The monoisotopic (exact) mass is 559 g/mol. The van der Waals surface area contributed by atoms with Crippen LogP contribution in [-0.4, -0.2) is 53.0 Å². The van der Waals surface area contributed by atoms with Crippen LogP contribution in [0.3, 0.4) is 0 Å². The minimum Gasteiger partial charge on any atom is -0.323 e. The molecule has 2 heterocycles. The number of hydrogen-bond acceptors (Lipinski definition) is 4. The fourth-order valence-corrected chi connectivity index (χ4v) is 5.06. The molecule has 1 saturated heterocycles. The summed E-state index contributed by atoms with van der Waals surface area (Å²) in [6.45, 7) is 3.38. The van der Waals surface area contributed by atoms with Crippen molar-refractivity contribution in [2.75, 3.05) is 13.6 Å². The number of nitrogens with zero attached hydrogens (tertiary/aromatic N) is 4. The number of alkyl halides is 6. The van der Waals surface area contributed by atoms with Gasteiger partial charge in [0.2, 0.25) is 0 Å². The van der Waals surface area contributed by atoms with Crippen LogP contribution in [0.1, 0.15) is 53.6 Å². The number of hydrazine groups is 1. The second-order valence-electron chi connectivity index (χ2n) is 9.92. The van der Waals surface area contributed by atoms with E-state index < -0.39 is 47.9 Å². The Hall–Kier alpha value is -3.35. The van der Waals surface area contributed by atoms with Crippen molar-refractivity contribution in [1.29, 1.82) is 0 Å². The van der Waals surface area contributed by atoms with Gasteiger partial charge in [-0.1, -0.05) is 6.07 Å². The van der Waals surface area contributed by atoms with Crippen LogP contribution in [0.25, 0.3) is 0 Å². The number of carbonyl (C=O) groups is 1. The summed E-state index contributed by atoms with van der Waals surface area (Å²) < 4.78 is 93.7. The lowest BCUT2D eigenvalue weighted by Crippen LogP contribution is -2.53. The van der Waals surface area contributed by atoms with Gasteiger partial charge in [-0.15, -0.1) is 0 Å². The zero-order chi connectivity index (χ0) is 28.7. The first-order valence-corrected chi connectivity index (χ1v) is 12.3. The average molecular weight is 560 g/mol. The maximum atomic E-state index is 13.9. The molecule has 39 heavy (non-hydrogen) atoms. The largest absolute Gasteiger partial charge is 0.416 e. The van der Waals surface area contributed by atoms with Crippen molar-refractivity contribution in [2.45, 2.75) is 63.8 Å². The molecular formula is C26H28F7N5O. The van der Waals surface area contributed by atoms with Gasteiger partial charge in [-0.3, -0.25) is 10.0 Å². The first kappa shape index (κ1) is 28.7. The van der Waals surface area contributed by atoms with E-state index in [1.165, 1.54) is 24.1 Å². The summed E-state index contributed by atoms with van der Waals surface area (Å²) in [5.41, 5.74) is 1.34. The molecule has 0 saturated carbocycles. The molecule has 1 fully saturated rings. The standard InChI is InChI=1S/C26H28F7N5O/c1-15-8-20(27)4-5-22(15)23-12-21(38-14-34-16(2)35-38)6-7-37(23)24(39)36(3)13-17-9-18(25(28,29)30)11-19(10-17)26(31,32)33/h4-5,8-11,14,16,21,23,35H,6-7,12-13H2,1-3H3/t16?,21-,23+/m0/s1. The Balaban J connectivity index is 1.61. The molecule has 0 aliphatic carbocycles. The number of hydrogen-bond donors (Lipinski definition) is 1. The van der Waals surface area contributed by atoms with Gasteiger partial charge in [-0.25, -0.2) is 14.6 Å². The third-order valence-corrected chi connectivity index (χ3v) is 6.95. The lowest BCUT2D eigenvalue weighted by Gasteiger charge is -2.44. The van der Waals surface area contributed by atoms with E-state index in [9.17, 15) is 35.5 Å². The van der Waals surface area contributed by atoms with E-state index in [-0.39, 0.29) is 30.4 Å². The molecule has 0 spiro atoms. The number of urea groups is 1. The number of rotatable bonds is 4. The fraction of sp³-hybridized carbons (Fsp3) is 0.462. The zero-order valence-corrected chi connectivity index (χ0v) is 21.4. The Morgan fingerprint density at radius 2 is 1.72 bits per heavy atom. The van der Waals surface area contributed by atoms with Crippen LogP contribution in [-0.2, 0) is 18.9 Å². The molecule has 2 aromatic rings. The van der Waals surface area contributed by atoms with Crippen molar-refractivity contribution >= 4 is 12.4 Å². The third kappa shape index (κ3) is 6.45. The zero-order valence-electron chi connectivity index (χ0n) is 21.4. The van der Waals surface area contributed by atoms with Gasteiger partial charge in [-0.2, -0.15) is 26.3 Å². The number of piperidine rings is 1. The van der Waals surface area contributed by atoms with Gasteiger partial charge >= 0.3 is 18.4 Å². The molecule has 6 nitrogen and oxygen atoms in total. The molecule has 0 aromatic heterocycles. The fourth-order valence-electron chi connectivity index (χ4n) is 5.06. The second kappa shape index (κ2) is 10.7. The number of carbonyl (C=O) groups excluding carboxylic acids is 1. The van der Waals surface area contributed by atoms with E-state index in [0.717, 1.165) is 4.90 Å². The Morgan fingerprint density at radius 3 is 2.26 bits per heavy atom. The number of benzene rings is 2. The first-order valence-electron chi connectivity index (χ1n) is 12.3. The number of amides is 2. The molecule has 2 amide bonds. The Morgan fingerprint density at radius 1 is 1.08 bits per heavy atom. The van der Waals surface area contributed by atoms with Gasteiger partial charge in [0, 0.05) is 20.1 Å². The van der Waals surface area contributed by atoms with E-state index in [2.05, 4.69) is 10.4 Å². The summed E-state index contributed by atoms with van der Waals surface area (Å²) >= 11 is 0. The maximum absolute atomic E-state index is 13.9. The molecule has 4 rings (SSSR count). The van der Waals surface area contributed by atoms with Crippen molar-refractivity contribution in [3.63, 3.8) is 0 Å². The van der Waals surface area contributed by atoms with Crippen LogP contribution >= 0.6 is 0 Å². The van der Waals surface area contributed by atoms with Crippen LogP contribution in [0.5, 0.6) is 0 Å². The summed E-state index contributed by atoms with van der Waals surface area (Å²) in [4.78, 5) is 20.5. The molecule has 1 N–H and O–H groups in total. The van der Waals surface area contributed by atoms with Gasteiger partial charge in [0.05, 0.1) is 23.2 Å². The summed E-state index contributed by atoms with van der Waals surface area (Å²) in [6.07, 6.45) is -7.44. The van der Waals surface area contributed by atoms with Gasteiger partial charge in [0.1, 0.15) is 18.3 Å². The minimum absolute atomic E-state index is 0.0553.